The second-order valence-electron chi connectivity index (χ2n) is 6.86. The average molecular weight is 411 g/mol. The molecule has 0 bridgehead atoms. The topological polar surface area (TPSA) is 69.0 Å². The zero-order valence-corrected chi connectivity index (χ0v) is 18.0. The number of amides is 1. The maximum atomic E-state index is 12.2. The molecule has 0 aliphatic heterocycles. The molecule has 1 heterocycles. The first-order valence-corrected chi connectivity index (χ1v) is 10.6. The van der Waals surface area contributed by atoms with Gasteiger partial charge in [0.1, 0.15) is 5.75 Å². The third-order valence-corrected chi connectivity index (χ3v) is 5.53. The molecule has 7 heteroatoms. The molecule has 0 spiro atoms. The minimum atomic E-state index is -0.254. The van der Waals surface area contributed by atoms with E-state index < -0.39 is 0 Å². The summed E-state index contributed by atoms with van der Waals surface area (Å²) in [6.45, 7) is 6.06. The Morgan fingerprint density at radius 1 is 1.21 bits per heavy atom. The molecule has 152 valence electrons. The molecule has 1 aromatic heterocycles. The molecule has 3 aromatic rings. The standard InChI is InChI=1S/C22H26N4O2S/c1-5-17-9-11-19(12-10-17)28-16(3)21-24-25-22(26(21)4)29-14-20(27)23-18-8-6-7-15(2)13-18/h6-13,16H,5,14H2,1-4H3,(H,23,27)/t16-/m1/s1. The number of thioether (sulfide) groups is 1. The van der Waals surface area contributed by atoms with Gasteiger partial charge in [0.2, 0.25) is 5.91 Å². The predicted octanol–water partition coefficient (Wildman–Crippen LogP) is 4.56. The maximum absolute atomic E-state index is 12.2. The molecule has 6 nitrogen and oxygen atoms in total. The minimum absolute atomic E-state index is 0.0783. The van der Waals surface area contributed by atoms with E-state index in [0.29, 0.717) is 11.0 Å². The van der Waals surface area contributed by atoms with Crippen molar-refractivity contribution >= 4 is 23.4 Å². The normalized spacial score (nSPS) is 11.9. The Morgan fingerprint density at radius 3 is 2.66 bits per heavy atom. The van der Waals surface area contributed by atoms with Crippen LogP contribution in [0.3, 0.4) is 0 Å². The van der Waals surface area contributed by atoms with Gasteiger partial charge in [-0.05, 0) is 55.7 Å². The van der Waals surface area contributed by atoms with Gasteiger partial charge in [0.05, 0.1) is 5.75 Å². The predicted molar refractivity (Wildman–Crippen MR) is 116 cm³/mol. The quantitative estimate of drug-likeness (QED) is 0.552. The van der Waals surface area contributed by atoms with Gasteiger partial charge in [-0.2, -0.15) is 0 Å². The van der Waals surface area contributed by atoms with E-state index in [1.165, 1.54) is 17.3 Å². The highest BCUT2D eigenvalue weighted by Gasteiger charge is 2.18. The molecule has 1 amide bonds. The van der Waals surface area contributed by atoms with Gasteiger partial charge in [0, 0.05) is 12.7 Å². The molecule has 0 saturated heterocycles. The van der Waals surface area contributed by atoms with Crippen LogP contribution in [0.25, 0.3) is 0 Å². The Kier molecular flexibility index (Phi) is 6.93. The van der Waals surface area contributed by atoms with E-state index in [4.69, 9.17) is 4.74 Å². The lowest BCUT2D eigenvalue weighted by molar-refractivity contribution is -0.113. The van der Waals surface area contributed by atoms with Crippen LogP contribution in [-0.2, 0) is 18.3 Å². The van der Waals surface area contributed by atoms with E-state index in [1.54, 1.807) is 0 Å². The number of aryl methyl sites for hydroxylation is 2. The van der Waals surface area contributed by atoms with Crippen LogP contribution >= 0.6 is 11.8 Å². The van der Waals surface area contributed by atoms with Crippen LogP contribution in [0, 0.1) is 6.92 Å². The van der Waals surface area contributed by atoms with Crippen LogP contribution in [-0.4, -0.2) is 26.4 Å². The molecule has 0 aliphatic rings. The van der Waals surface area contributed by atoms with Gasteiger partial charge in [-0.25, -0.2) is 0 Å². The number of nitrogens with one attached hydrogen (secondary N) is 1. The number of nitrogens with zero attached hydrogens (tertiary/aromatic N) is 3. The number of hydrogen-bond acceptors (Lipinski definition) is 5. The zero-order chi connectivity index (χ0) is 20.8. The number of carbonyl (C=O) groups is 1. The lowest BCUT2D eigenvalue weighted by Gasteiger charge is -2.14. The van der Waals surface area contributed by atoms with E-state index in [-0.39, 0.29) is 17.8 Å². The number of rotatable bonds is 8. The van der Waals surface area contributed by atoms with Crippen LogP contribution < -0.4 is 10.1 Å². The van der Waals surface area contributed by atoms with Gasteiger partial charge in [-0.1, -0.05) is 43.0 Å². The number of ether oxygens (including phenoxy) is 1. The second-order valence-corrected chi connectivity index (χ2v) is 7.81. The van der Waals surface area contributed by atoms with Gasteiger partial charge >= 0.3 is 0 Å². The Balaban J connectivity index is 1.57. The Hall–Kier alpha value is -2.80. The van der Waals surface area contributed by atoms with Crippen molar-refractivity contribution in [2.45, 2.75) is 38.5 Å². The van der Waals surface area contributed by atoms with Crippen molar-refractivity contribution in [2.75, 3.05) is 11.1 Å². The molecule has 1 N–H and O–H groups in total. The molecular weight excluding hydrogens is 384 g/mol. The van der Waals surface area contributed by atoms with E-state index in [9.17, 15) is 4.79 Å². The van der Waals surface area contributed by atoms with Gasteiger partial charge in [0.15, 0.2) is 17.1 Å². The molecule has 1 atom stereocenters. The second kappa shape index (κ2) is 9.60. The fourth-order valence-corrected chi connectivity index (χ4v) is 3.63. The van der Waals surface area contributed by atoms with Crippen molar-refractivity contribution in [3.05, 3.63) is 65.5 Å². The van der Waals surface area contributed by atoms with Crippen molar-refractivity contribution in [3.63, 3.8) is 0 Å². The zero-order valence-electron chi connectivity index (χ0n) is 17.2. The van der Waals surface area contributed by atoms with Crippen LogP contribution in [0.2, 0.25) is 0 Å². The smallest absolute Gasteiger partial charge is 0.234 e. The molecule has 0 unspecified atom stereocenters. The highest BCUT2D eigenvalue weighted by molar-refractivity contribution is 7.99. The van der Waals surface area contributed by atoms with Gasteiger partial charge in [-0.15, -0.1) is 10.2 Å². The number of benzene rings is 2. The summed E-state index contributed by atoms with van der Waals surface area (Å²) in [5, 5.41) is 12.0. The first kappa shape index (κ1) is 20.9. The largest absolute Gasteiger partial charge is 0.483 e. The minimum Gasteiger partial charge on any atom is -0.483 e. The highest BCUT2D eigenvalue weighted by Crippen LogP contribution is 2.24. The van der Waals surface area contributed by atoms with E-state index in [0.717, 1.165) is 23.4 Å². The first-order chi connectivity index (χ1) is 14.0. The lowest BCUT2D eigenvalue weighted by atomic mass is 10.2. The fraction of sp³-hybridized carbons (Fsp3) is 0.318. The fourth-order valence-electron chi connectivity index (χ4n) is 2.92. The van der Waals surface area contributed by atoms with E-state index >= 15 is 0 Å². The van der Waals surface area contributed by atoms with E-state index in [1.807, 2.05) is 61.9 Å². The molecule has 0 aliphatic carbocycles. The molecule has 0 radical (unpaired) electrons. The summed E-state index contributed by atoms with van der Waals surface area (Å²) < 4.78 is 7.87. The Morgan fingerprint density at radius 2 is 1.97 bits per heavy atom. The Bertz CT molecular complexity index is 969. The van der Waals surface area contributed by atoms with Crippen molar-refractivity contribution in [3.8, 4) is 5.75 Å². The summed E-state index contributed by atoms with van der Waals surface area (Å²) >= 11 is 1.35. The van der Waals surface area contributed by atoms with Gasteiger partial charge in [0.25, 0.3) is 0 Å². The van der Waals surface area contributed by atoms with Crippen LogP contribution in [0.4, 0.5) is 5.69 Å². The SMILES string of the molecule is CCc1ccc(O[C@H](C)c2nnc(SCC(=O)Nc3cccc(C)c3)n2C)cc1. The Labute approximate surface area is 175 Å². The lowest BCUT2D eigenvalue weighted by Crippen LogP contribution is -2.15. The summed E-state index contributed by atoms with van der Waals surface area (Å²) in [7, 11) is 1.89. The first-order valence-electron chi connectivity index (χ1n) is 9.60. The van der Waals surface area contributed by atoms with Gasteiger partial charge in [-0.3, -0.25) is 4.79 Å². The molecular formula is C22H26N4O2S. The number of carbonyl (C=O) groups excluding carboxylic acids is 1. The molecule has 0 saturated carbocycles. The van der Waals surface area contributed by atoms with Crippen LogP contribution in [0.5, 0.6) is 5.75 Å². The van der Waals surface area contributed by atoms with Crippen molar-refractivity contribution in [1.29, 1.82) is 0 Å². The average Bonchev–Trinajstić information content (AvgIpc) is 3.07. The van der Waals surface area contributed by atoms with Crippen molar-refractivity contribution in [1.82, 2.24) is 14.8 Å². The molecule has 2 aromatic carbocycles. The van der Waals surface area contributed by atoms with E-state index in [2.05, 4.69) is 34.6 Å². The summed E-state index contributed by atoms with van der Waals surface area (Å²) in [5.74, 6) is 1.69. The van der Waals surface area contributed by atoms with Gasteiger partial charge < -0.3 is 14.6 Å². The van der Waals surface area contributed by atoms with Crippen LogP contribution in [0.15, 0.2) is 53.7 Å². The highest BCUT2D eigenvalue weighted by atomic mass is 32.2. The monoisotopic (exact) mass is 410 g/mol. The van der Waals surface area contributed by atoms with Crippen LogP contribution in [0.1, 0.15) is 36.9 Å². The number of hydrogen-bond donors (Lipinski definition) is 1. The molecule has 3 rings (SSSR count). The number of aromatic nitrogens is 3. The summed E-state index contributed by atoms with van der Waals surface area (Å²) in [5.41, 5.74) is 3.17. The molecule has 0 fully saturated rings. The third-order valence-electron chi connectivity index (χ3n) is 4.51. The maximum Gasteiger partial charge on any atom is 0.234 e. The van der Waals surface area contributed by atoms with Crippen molar-refractivity contribution < 1.29 is 9.53 Å². The summed E-state index contributed by atoms with van der Waals surface area (Å²) in [6.07, 6.45) is 0.743. The number of anilines is 1. The third kappa shape index (κ3) is 5.60. The molecule has 29 heavy (non-hydrogen) atoms. The summed E-state index contributed by atoms with van der Waals surface area (Å²) in [6, 6.07) is 15.8. The summed E-state index contributed by atoms with van der Waals surface area (Å²) in [4.78, 5) is 12.2. The van der Waals surface area contributed by atoms with Crippen molar-refractivity contribution in [2.24, 2.45) is 7.05 Å².